The normalized spacial score (nSPS) is 12.4. The lowest BCUT2D eigenvalue weighted by atomic mass is 9.99. The number of rotatable bonds is 4. The van der Waals surface area contributed by atoms with E-state index in [1.165, 1.54) is 6.07 Å². The molecule has 0 heterocycles. The molecule has 0 aliphatic rings. The van der Waals surface area contributed by atoms with Crippen LogP contribution in [-0.2, 0) is 6.42 Å². The van der Waals surface area contributed by atoms with E-state index in [1.54, 1.807) is 6.07 Å². The molecule has 0 bridgehead atoms. The average Bonchev–Trinajstić information content (AvgIpc) is 2.43. The highest BCUT2D eigenvalue weighted by Crippen LogP contribution is 2.32. The van der Waals surface area contributed by atoms with Crippen LogP contribution in [0.15, 0.2) is 40.9 Å². The first kappa shape index (κ1) is 15.8. The van der Waals surface area contributed by atoms with Crippen molar-refractivity contribution in [3.63, 3.8) is 0 Å². The highest BCUT2D eigenvalue weighted by atomic mass is 79.9. The quantitative estimate of drug-likeness (QED) is 0.753. The molecule has 0 aromatic heterocycles. The largest absolute Gasteiger partial charge is 0.313 e. The van der Waals surface area contributed by atoms with Crippen LogP contribution < -0.4 is 5.32 Å². The molecule has 106 valence electrons. The second-order valence-corrected chi connectivity index (χ2v) is 6.08. The van der Waals surface area contributed by atoms with Gasteiger partial charge in [-0.05, 0) is 58.7 Å². The van der Waals surface area contributed by atoms with Gasteiger partial charge in [0.1, 0.15) is 5.82 Å². The van der Waals surface area contributed by atoms with Crippen LogP contribution in [0.5, 0.6) is 0 Å². The van der Waals surface area contributed by atoms with Gasteiger partial charge in [-0.15, -0.1) is 0 Å². The van der Waals surface area contributed by atoms with Gasteiger partial charge in [0.2, 0.25) is 0 Å². The third kappa shape index (κ3) is 3.53. The molecule has 0 radical (unpaired) electrons. The van der Waals surface area contributed by atoms with Gasteiger partial charge >= 0.3 is 0 Å². The fourth-order valence-corrected chi connectivity index (χ4v) is 2.82. The fraction of sp³-hybridized carbons (Fsp3) is 0.200. The second-order valence-electron chi connectivity index (χ2n) is 4.44. The maximum atomic E-state index is 13.5. The van der Waals surface area contributed by atoms with Gasteiger partial charge < -0.3 is 5.32 Å². The Labute approximate surface area is 136 Å². The Bertz CT molecular complexity index is 619. The molecule has 0 saturated heterocycles. The van der Waals surface area contributed by atoms with Crippen LogP contribution >= 0.6 is 39.1 Å². The Morgan fingerprint density at radius 3 is 2.65 bits per heavy atom. The first-order valence-electron chi connectivity index (χ1n) is 6.08. The molecule has 1 N–H and O–H groups in total. The summed E-state index contributed by atoms with van der Waals surface area (Å²) in [4.78, 5) is 0. The summed E-state index contributed by atoms with van der Waals surface area (Å²) in [5.74, 6) is -0.403. The summed E-state index contributed by atoms with van der Waals surface area (Å²) < 4.78 is 14.3. The van der Waals surface area contributed by atoms with Crippen molar-refractivity contribution in [2.24, 2.45) is 0 Å². The highest BCUT2D eigenvalue weighted by molar-refractivity contribution is 9.10. The van der Waals surface area contributed by atoms with Crippen molar-refractivity contribution >= 4 is 39.1 Å². The van der Waals surface area contributed by atoms with Gasteiger partial charge in [-0.3, -0.25) is 0 Å². The molecule has 1 atom stereocenters. The summed E-state index contributed by atoms with van der Waals surface area (Å²) in [6.45, 7) is 0. The van der Waals surface area contributed by atoms with Crippen LogP contribution in [-0.4, -0.2) is 7.05 Å². The zero-order valence-corrected chi connectivity index (χ0v) is 13.9. The van der Waals surface area contributed by atoms with Crippen LogP contribution in [0.25, 0.3) is 0 Å². The van der Waals surface area contributed by atoms with Gasteiger partial charge in [-0.2, -0.15) is 0 Å². The molecule has 0 fully saturated rings. The van der Waals surface area contributed by atoms with Gasteiger partial charge in [-0.1, -0.05) is 41.4 Å². The number of halogens is 4. The van der Waals surface area contributed by atoms with E-state index in [4.69, 9.17) is 23.2 Å². The van der Waals surface area contributed by atoms with E-state index in [-0.39, 0.29) is 11.1 Å². The van der Waals surface area contributed by atoms with E-state index in [9.17, 15) is 4.39 Å². The number of likely N-dealkylation sites (N-methyl/N-ethyl adjacent to an activating group) is 1. The molecule has 2 aromatic carbocycles. The smallest absolute Gasteiger partial charge is 0.142 e. The molecule has 2 aromatic rings. The molecular weight excluding hydrogens is 364 g/mol. The van der Waals surface area contributed by atoms with E-state index >= 15 is 0 Å². The highest BCUT2D eigenvalue weighted by Gasteiger charge is 2.15. The average molecular weight is 377 g/mol. The lowest BCUT2D eigenvalue weighted by Crippen LogP contribution is -2.19. The molecule has 1 unspecified atom stereocenters. The molecule has 0 saturated carbocycles. The van der Waals surface area contributed by atoms with Crippen LogP contribution in [0.1, 0.15) is 17.2 Å². The van der Waals surface area contributed by atoms with Crippen LogP contribution in [0.4, 0.5) is 4.39 Å². The fourth-order valence-electron chi connectivity index (χ4n) is 2.06. The summed E-state index contributed by atoms with van der Waals surface area (Å²) in [6, 6.07) is 10.6. The molecule has 20 heavy (non-hydrogen) atoms. The Morgan fingerprint density at radius 1 is 1.25 bits per heavy atom. The van der Waals surface area contributed by atoms with E-state index < -0.39 is 5.82 Å². The van der Waals surface area contributed by atoms with Gasteiger partial charge in [0.25, 0.3) is 0 Å². The molecule has 5 heteroatoms. The summed E-state index contributed by atoms with van der Waals surface area (Å²) in [6.07, 6.45) is 0.626. The van der Waals surface area contributed by atoms with E-state index in [2.05, 4.69) is 21.2 Å². The number of benzene rings is 2. The molecule has 0 aliphatic heterocycles. The van der Waals surface area contributed by atoms with Gasteiger partial charge in [0.05, 0.1) is 10.0 Å². The lowest BCUT2D eigenvalue weighted by molar-refractivity contribution is 0.584. The first-order valence-corrected chi connectivity index (χ1v) is 7.63. The van der Waals surface area contributed by atoms with E-state index in [0.717, 1.165) is 15.6 Å². The summed E-state index contributed by atoms with van der Waals surface area (Å²) in [5, 5.41) is 4.01. The summed E-state index contributed by atoms with van der Waals surface area (Å²) in [7, 11) is 1.86. The molecule has 0 spiro atoms. The van der Waals surface area contributed by atoms with Gasteiger partial charge in [-0.25, -0.2) is 4.39 Å². The maximum Gasteiger partial charge on any atom is 0.142 e. The Hall–Kier alpha value is -0.610. The van der Waals surface area contributed by atoms with Crippen molar-refractivity contribution in [1.82, 2.24) is 5.32 Å². The Morgan fingerprint density at radius 2 is 2.00 bits per heavy atom. The lowest BCUT2D eigenvalue weighted by Gasteiger charge is -2.19. The Balaban J connectivity index is 2.28. The van der Waals surface area contributed by atoms with Crippen molar-refractivity contribution in [2.75, 3.05) is 7.05 Å². The number of hydrogen-bond acceptors (Lipinski definition) is 1. The number of nitrogens with one attached hydrogen (secondary N) is 1. The standard InChI is InChI=1S/C15H13BrCl2FN/c1-20-14(10-3-2-4-11(16)15(10)18)8-9-5-6-12(17)13(19)7-9/h2-7,14,20H,8H2,1H3. The zero-order valence-electron chi connectivity index (χ0n) is 10.8. The molecular formula is C15H13BrCl2FN. The van der Waals surface area contributed by atoms with E-state index in [0.29, 0.717) is 11.4 Å². The molecule has 0 amide bonds. The minimum absolute atomic E-state index is 0.000533. The maximum absolute atomic E-state index is 13.5. The SMILES string of the molecule is CNC(Cc1ccc(Cl)c(F)c1)c1cccc(Br)c1Cl. The molecule has 1 nitrogen and oxygen atoms in total. The zero-order chi connectivity index (χ0) is 14.7. The minimum atomic E-state index is -0.403. The second kappa shape index (κ2) is 6.90. The van der Waals surface area contributed by atoms with Crippen molar-refractivity contribution < 1.29 is 4.39 Å². The third-order valence-corrected chi connectivity index (χ3v) is 4.75. The predicted molar refractivity (Wildman–Crippen MR) is 86.1 cm³/mol. The third-order valence-electron chi connectivity index (χ3n) is 3.13. The van der Waals surface area contributed by atoms with Crippen molar-refractivity contribution in [3.05, 3.63) is 67.9 Å². The predicted octanol–water partition coefficient (Wildman–Crippen LogP) is 5.40. The van der Waals surface area contributed by atoms with Crippen molar-refractivity contribution in [3.8, 4) is 0 Å². The monoisotopic (exact) mass is 375 g/mol. The van der Waals surface area contributed by atoms with Crippen molar-refractivity contribution in [1.29, 1.82) is 0 Å². The Kier molecular flexibility index (Phi) is 5.44. The molecule has 2 rings (SSSR count). The molecule has 0 aliphatic carbocycles. The minimum Gasteiger partial charge on any atom is -0.313 e. The summed E-state index contributed by atoms with van der Waals surface area (Å²) in [5.41, 5.74) is 1.83. The van der Waals surface area contributed by atoms with E-state index in [1.807, 2.05) is 31.3 Å². The number of hydrogen-bond donors (Lipinski definition) is 1. The first-order chi connectivity index (χ1) is 9.52. The van der Waals surface area contributed by atoms with Crippen LogP contribution in [0.2, 0.25) is 10.0 Å². The van der Waals surface area contributed by atoms with Crippen LogP contribution in [0.3, 0.4) is 0 Å². The topological polar surface area (TPSA) is 12.0 Å². The van der Waals surface area contributed by atoms with Gasteiger partial charge in [0, 0.05) is 10.5 Å². The van der Waals surface area contributed by atoms with Crippen molar-refractivity contribution in [2.45, 2.75) is 12.5 Å². The van der Waals surface area contributed by atoms with Gasteiger partial charge in [0.15, 0.2) is 0 Å². The summed E-state index contributed by atoms with van der Waals surface area (Å²) >= 11 is 15.4. The van der Waals surface area contributed by atoms with Crippen LogP contribution in [0, 0.1) is 5.82 Å².